The molecule has 6 heteroatoms. The summed E-state index contributed by atoms with van der Waals surface area (Å²) < 4.78 is 41.0. The quantitative estimate of drug-likeness (QED) is 0.600. The number of carbonyl (C=O) groups excluding carboxylic acids is 1. The first-order valence-electron chi connectivity index (χ1n) is 6.89. The van der Waals surface area contributed by atoms with Gasteiger partial charge in [0.15, 0.2) is 0 Å². The number of halogens is 3. The maximum absolute atomic E-state index is 12.0. The molecule has 1 N–H and O–H groups in total. The van der Waals surface area contributed by atoms with Crippen molar-refractivity contribution in [2.45, 2.75) is 57.7 Å². The number of unbranched alkanes of at least 4 members (excludes halogenated alkanes) is 1. The smallest absolute Gasteiger partial charge is 0.389 e. The Kier molecular flexibility index (Phi) is 6.62. The fourth-order valence-corrected chi connectivity index (χ4v) is 2.42. The highest BCUT2D eigenvalue weighted by Crippen LogP contribution is 2.25. The highest BCUT2D eigenvalue weighted by molar-refractivity contribution is 5.72. The predicted molar refractivity (Wildman–Crippen MR) is 65.7 cm³/mol. The van der Waals surface area contributed by atoms with E-state index in [9.17, 15) is 18.0 Å². The van der Waals surface area contributed by atoms with Crippen LogP contribution in [0.15, 0.2) is 0 Å². The third-order valence-electron chi connectivity index (χ3n) is 3.38. The zero-order valence-electron chi connectivity index (χ0n) is 11.3. The van der Waals surface area contributed by atoms with E-state index in [1.54, 1.807) is 6.92 Å². The van der Waals surface area contributed by atoms with Gasteiger partial charge in [-0.1, -0.05) is 6.42 Å². The van der Waals surface area contributed by atoms with Crippen molar-refractivity contribution in [1.29, 1.82) is 0 Å². The van der Waals surface area contributed by atoms with Crippen LogP contribution in [-0.4, -0.2) is 31.3 Å². The molecule has 1 aliphatic rings. The second-order valence-corrected chi connectivity index (χ2v) is 4.99. The van der Waals surface area contributed by atoms with Gasteiger partial charge in [-0.3, -0.25) is 4.79 Å². The lowest BCUT2D eigenvalue weighted by molar-refractivity contribution is -0.149. The Morgan fingerprint density at radius 1 is 1.37 bits per heavy atom. The highest BCUT2D eigenvalue weighted by atomic mass is 19.4. The molecule has 1 rings (SSSR count). The van der Waals surface area contributed by atoms with Gasteiger partial charge in [-0.05, 0) is 39.2 Å². The molecular weight excluding hydrogens is 259 g/mol. The van der Waals surface area contributed by atoms with Gasteiger partial charge in [-0.15, -0.1) is 0 Å². The monoisotopic (exact) mass is 281 g/mol. The Balaban J connectivity index is 2.22. The van der Waals surface area contributed by atoms with Crippen molar-refractivity contribution in [3.05, 3.63) is 0 Å². The minimum atomic E-state index is -4.06. The van der Waals surface area contributed by atoms with Crippen LogP contribution in [0, 0.1) is 5.92 Å². The van der Waals surface area contributed by atoms with Gasteiger partial charge in [0.1, 0.15) is 0 Å². The lowest BCUT2D eigenvalue weighted by atomic mass is 9.90. The molecule has 0 aromatic rings. The minimum Gasteiger partial charge on any atom is -0.466 e. The number of carbonyl (C=O) groups is 1. The number of alkyl halides is 3. The van der Waals surface area contributed by atoms with E-state index < -0.39 is 12.6 Å². The Morgan fingerprint density at radius 2 is 2.11 bits per heavy atom. The molecule has 0 saturated carbocycles. The van der Waals surface area contributed by atoms with Crippen molar-refractivity contribution < 1.29 is 22.7 Å². The molecule has 1 aliphatic heterocycles. The lowest BCUT2D eigenvalue weighted by Crippen LogP contribution is -2.40. The molecule has 0 amide bonds. The summed E-state index contributed by atoms with van der Waals surface area (Å²) in [6.45, 7) is 2.88. The molecule has 0 radical (unpaired) electrons. The molecular formula is C13H22F3NO2. The Hall–Kier alpha value is -0.780. The first kappa shape index (κ1) is 16.3. The number of rotatable bonds is 6. The van der Waals surface area contributed by atoms with Crippen LogP contribution in [0.1, 0.15) is 45.4 Å². The van der Waals surface area contributed by atoms with E-state index in [0.29, 0.717) is 25.9 Å². The number of piperidine rings is 1. The van der Waals surface area contributed by atoms with Crippen molar-refractivity contribution in [3.63, 3.8) is 0 Å². The van der Waals surface area contributed by atoms with Gasteiger partial charge in [-0.25, -0.2) is 0 Å². The average molecular weight is 281 g/mol. The van der Waals surface area contributed by atoms with Crippen LogP contribution in [0.25, 0.3) is 0 Å². The summed E-state index contributed by atoms with van der Waals surface area (Å²) in [5, 5.41) is 3.25. The molecule has 1 fully saturated rings. The number of ether oxygens (including phenoxy) is 1. The van der Waals surface area contributed by atoms with Gasteiger partial charge >= 0.3 is 12.1 Å². The maximum Gasteiger partial charge on any atom is 0.389 e. The fraction of sp³-hybridized carbons (Fsp3) is 0.923. The Morgan fingerprint density at radius 3 is 2.74 bits per heavy atom. The second kappa shape index (κ2) is 7.72. The third kappa shape index (κ3) is 6.80. The van der Waals surface area contributed by atoms with Gasteiger partial charge in [0.2, 0.25) is 0 Å². The molecule has 0 aromatic heterocycles. The molecule has 0 aromatic carbocycles. The first-order chi connectivity index (χ1) is 8.92. The van der Waals surface area contributed by atoms with Gasteiger partial charge in [0.05, 0.1) is 12.5 Å². The lowest BCUT2D eigenvalue weighted by Gasteiger charge is -2.29. The van der Waals surface area contributed by atoms with E-state index in [2.05, 4.69) is 5.32 Å². The van der Waals surface area contributed by atoms with E-state index in [1.165, 1.54) is 0 Å². The zero-order chi connectivity index (χ0) is 14.3. The SMILES string of the molecule is CCOC(=O)C1CCNC(CCCCC(F)(F)F)C1. The molecule has 1 heterocycles. The van der Waals surface area contributed by atoms with Crippen LogP contribution in [0.5, 0.6) is 0 Å². The first-order valence-corrected chi connectivity index (χ1v) is 6.89. The molecule has 0 spiro atoms. The summed E-state index contributed by atoms with van der Waals surface area (Å²) in [7, 11) is 0. The molecule has 2 unspecified atom stereocenters. The van der Waals surface area contributed by atoms with Gasteiger partial charge in [0.25, 0.3) is 0 Å². The normalized spacial score (nSPS) is 24.2. The molecule has 2 atom stereocenters. The van der Waals surface area contributed by atoms with E-state index in [4.69, 9.17) is 4.74 Å². The van der Waals surface area contributed by atoms with Crippen molar-refractivity contribution >= 4 is 5.97 Å². The van der Waals surface area contributed by atoms with Crippen LogP contribution < -0.4 is 5.32 Å². The standard InChI is InChI=1S/C13H22F3NO2/c1-2-19-12(18)10-6-8-17-11(9-10)5-3-4-7-13(14,15)16/h10-11,17H,2-9H2,1H3. The average Bonchev–Trinajstić information content (AvgIpc) is 2.34. The van der Waals surface area contributed by atoms with Crippen molar-refractivity contribution in [3.8, 4) is 0 Å². The van der Waals surface area contributed by atoms with E-state index in [0.717, 1.165) is 13.0 Å². The van der Waals surface area contributed by atoms with E-state index in [-0.39, 0.29) is 24.3 Å². The summed E-state index contributed by atoms with van der Waals surface area (Å²) in [5.74, 6) is -0.280. The third-order valence-corrected chi connectivity index (χ3v) is 3.38. The fourth-order valence-electron chi connectivity index (χ4n) is 2.42. The zero-order valence-corrected chi connectivity index (χ0v) is 11.3. The Bertz CT molecular complexity index is 282. The topological polar surface area (TPSA) is 38.3 Å². The van der Waals surface area contributed by atoms with Gasteiger partial charge in [0, 0.05) is 12.5 Å². The van der Waals surface area contributed by atoms with Crippen LogP contribution in [0.4, 0.5) is 13.2 Å². The molecule has 0 aliphatic carbocycles. The van der Waals surface area contributed by atoms with Crippen molar-refractivity contribution in [2.24, 2.45) is 5.92 Å². The van der Waals surface area contributed by atoms with Crippen LogP contribution in [0.3, 0.4) is 0 Å². The summed E-state index contributed by atoms with van der Waals surface area (Å²) >= 11 is 0. The summed E-state index contributed by atoms with van der Waals surface area (Å²) in [6, 6.07) is 0.136. The number of hydrogen-bond acceptors (Lipinski definition) is 3. The number of nitrogens with one attached hydrogen (secondary N) is 1. The molecule has 112 valence electrons. The summed E-state index contributed by atoms with van der Waals surface area (Å²) in [5.41, 5.74) is 0. The maximum atomic E-state index is 12.0. The highest BCUT2D eigenvalue weighted by Gasteiger charge is 2.29. The van der Waals surface area contributed by atoms with Crippen LogP contribution in [-0.2, 0) is 9.53 Å². The molecule has 1 saturated heterocycles. The van der Waals surface area contributed by atoms with Crippen LogP contribution >= 0.6 is 0 Å². The van der Waals surface area contributed by atoms with Crippen molar-refractivity contribution in [1.82, 2.24) is 5.32 Å². The van der Waals surface area contributed by atoms with Crippen molar-refractivity contribution in [2.75, 3.05) is 13.2 Å². The Labute approximate surface area is 111 Å². The van der Waals surface area contributed by atoms with Gasteiger partial charge in [-0.2, -0.15) is 13.2 Å². The molecule has 3 nitrogen and oxygen atoms in total. The van der Waals surface area contributed by atoms with E-state index in [1.807, 2.05) is 0 Å². The van der Waals surface area contributed by atoms with E-state index >= 15 is 0 Å². The number of esters is 1. The van der Waals surface area contributed by atoms with Gasteiger partial charge < -0.3 is 10.1 Å². The number of hydrogen-bond donors (Lipinski definition) is 1. The molecule has 0 bridgehead atoms. The second-order valence-electron chi connectivity index (χ2n) is 4.99. The largest absolute Gasteiger partial charge is 0.466 e. The minimum absolute atomic E-state index is 0.103. The predicted octanol–water partition coefficient (Wildman–Crippen LogP) is 3.04. The molecule has 19 heavy (non-hydrogen) atoms. The van der Waals surface area contributed by atoms with Crippen LogP contribution in [0.2, 0.25) is 0 Å². The summed E-state index contributed by atoms with van der Waals surface area (Å²) in [4.78, 5) is 11.6. The summed E-state index contributed by atoms with van der Waals surface area (Å²) in [6.07, 6.45) is -1.98.